The van der Waals surface area contributed by atoms with Gasteiger partial charge >= 0.3 is 0 Å². The van der Waals surface area contributed by atoms with Crippen LogP contribution in [0.3, 0.4) is 0 Å². The summed E-state index contributed by atoms with van der Waals surface area (Å²) < 4.78 is 2.30. The van der Waals surface area contributed by atoms with Crippen molar-refractivity contribution in [3.8, 4) is 0 Å². The van der Waals surface area contributed by atoms with E-state index in [1.54, 1.807) is 0 Å². The Balaban J connectivity index is 1.88. The van der Waals surface area contributed by atoms with Crippen molar-refractivity contribution in [2.45, 2.75) is 19.4 Å². The minimum atomic E-state index is 0.363. The quantitative estimate of drug-likeness (QED) is 0.599. The molecule has 5 heteroatoms. The zero-order valence-electron chi connectivity index (χ0n) is 11.3. The van der Waals surface area contributed by atoms with E-state index in [0.29, 0.717) is 4.99 Å². The molecule has 106 valence electrons. The fraction of sp³-hybridized carbons (Fsp3) is 0.400. The second-order valence-corrected chi connectivity index (χ2v) is 5.78. The first-order valence-corrected chi connectivity index (χ1v) is 7.43. The van der Waals surface area contributed by atoms with Gasteiger partial charge in [-0.3, -0.25) is 10.7 Å². The summed E-state index contributed by atoms with van der Waals surface area (Å²) in [4.78, 5) is 0.363. The summed E-state index contributed by atoms with van der Waals surface area (Å²) in [5.74, 6) is 0.735. The van der Waals surface area contributed by atoms with E-state index in [9.17, 15) is 0 Å². The SMILES string of the molecule is ONC(=S)c1ccc2ccn(CC3CCNCC3)c2c1. The number of piperidine rings is 1. The van der Waals surface area contributed by atoms with E-state index in [1.165, 1.54) is 23.7 Å². The van der Waals surface area contributed by atoms with E-state index in [-0.39, 0.29) is 0 Å². The molecule has 0 saturated carbocycles. The van der Waals surface area contributed by atoms with E-state index in [1.807, 2.05) is 18.2 Å². The summed E-state index contributed by atoms with van der Waals surface area (Å²) >= 11 is 5.08. The van der Waals surface area contributed by atoms with Crippen molar-refractivity contribution >= 4 is 28.1 Å². The number of thiocarbonyl (C=S) groups is 1. The maximum atomic E-state index is 8.94. The van der Waals surface area contributed by atoms with Crippen molar-refractivity contribution in [3.05, 3.63) is 36.0 Å². The lowest BCUT2D eigenvalue weighted by Crippen LogP contribution is -2.29. The van der Waals surface area contributed by atoms with Crippen molar-refractivity contribution < 1.29 is 5.21 Å². The lowest BCUT2D eigenvalue weighted by Gasteiger charge is -2.23. The largest absolute Gasteiger partial charge is 0.347 e. The Labute approximate surface area is 123 Å². The lowest BCUT2D eigenvalue weighted by atomic mass is 9.98. The first-order valence-electron chi connectivity index (χ1n) is 7.02. The molecule has 0 spiro atoms. The zero-order chi connectivity index (χ0) is 13.9. The zero-order valence-corrected chi connectivity index (χ0v) is 12.1. The molecule has 1 aliphatic rings. The topological polar surface area (TPSA) is 49.2 Å². The van der Waals surface area contributed by atoms with Crippen molar-refractivity contribution in [2.75, 3.05) is 13.1 Å². The van der Waals surface area contributed by atoms with E-state index in [4.69, 9.17) is 17.4 Å². The molecule has 4 nitrogen and oxygen atoms in total. The predicted octanol–water partition coefficient (Wildman–Crippen LogP) is 2.30. The molecule has 3 rings (SSSR count). The van der Waals surface area contributed by atoms with E-state index >= 15 is 0 Å². The predicted molar refractivity (Wildman–Crippen MR) is 84.2 cm³/mol. The second kappa shape index (κ2) is 5.91. The van der Waals surface area contributed by atoms with Crippen molar-refractivity contribution in [1.29, 1.82) is 0 Å². The Morgan fingerprint density at radius 3 is 2.90 bits per heavy atom. The molecule has 1 fully saturated rings. The third-order valence-corrected chi connectivity index (χ3v) is 4.38. The van der Waals surface area contributed by atoms with Gasteiger partial charge in [0.1, 0.15) is 4.99 Å². The summed E-state index contributed by atoms with van der Waals surface area (Å²) in [7, 11) is 0. The Hall–Kier alpha value is -1.43. The van der Waals surface area contributed by atoms with Crippen molar-refractivity contribution in [2.24, 2.45) is 5.92 Å². The molecule has 2 heterocycles. The monoisotopic (exact) mass is 289 g/mol. The molecule has 0 atom stereocenters. The molecule has 0 radical (unpaired) electrons. The van der Waals surface area contributed by atoms with E-state index in [0.717, 1.165) is 31.1 Å². The maximum Gasteiger partial charge on any atom is 0.130 e. The summed E-state index contributed by atoms with van der Waals surface area (Å²) in [5.41, 5.74) is 4.08. The number of hydrogen-bond donors (Lipinski definition) is 3. The minimum absolute atomic E-state index is 0.363. The molecule has 0 amide bonds. The van der Waals surface area contributed by atoms with E-state index < -0.39 is 0 Å². The maximum absolute atomic E-state index is 8.94. The smallest absolute Gasteiger partial charge is 0.130 e. The van der Waals surface area contributed by atoms with Crippen LogP contribution in [0.2, 0.25) is 0 Å². The number of hydroxylamine groups is 1. The highest BCUT2D eigenvalue weighted by molar-refractivity contribution is 7.80. The lowest BCUT2D eigenvalue weighted by molar-refractivity contribution is 0.238. The van der Waals surface area contributed by atoms with Crippen LogP contribution in [0.25, 0.3) is 10.9 Å². The van der Waals surface area contributed by atoms with Crippen LogP contribution in [0.5, 0.6) is 0 Å². The Kier molecular flexibility index (Phi) is 4.00. The first-order chi connectivity index (χ1) is 9.78. The fourth-order valence-corrected chi connectivity index (χ4v) is 3.02. The highest BCUT2D eigenvalue weighted by Gasteiger charge is 2.14. The second-order valence-electron chi connectivity index (χ2n) is 5.38. The van der Waals surface area contributed by atoms with Gasteiger partial charge in [-0.2, -0.15) is 0 Å². The molecule has 2 aromatic rings. The van der Waals surface area contributed by atoms with Gasteiger partial charge in [-0.25, -0.2) is 0 Å². The molecule has 0 unspecified atom stereocenters. The van der Waals surface area contributed by atoms with Crippen LogP contribution >= 0.6 is 12.2 Å². The number of rotatable bonds is 3. The Bertz CT molecular complexity index is 617. The number of hydrogen-bond acceptors (Lipinski definition) is 3. The van der Waals surface area contributed by atoms with Gasteiger partial charge in [-0.15, -0.1) is 0 Å². The molecule has 0 bridgehead atoms. The van der Waals surface area contributed by atoms with Crippen LogP contribution in [0.1, 0.15) is 18.4 Å². The van der Waals surface area contributed by atoms with Gasteiger partial charge in [0, 0.05) is 23.8 Å². The van der Waals surface area contributed by atoms with E-state index in [2.05, 4.69) is 27.6 Å². The average Bonchev–Trinajstić information content (AvgIpc) is 2.90. The van der Waals surface area contributed by atoms with Crippen LogP contribution in [0, 0.1) is 5.92 Å². The van der Waals surface area contributed by atoms with Gasteiger partial charge in [0.2, 0.25) is 0 Å². The standard InChI is InChI=1S/C15H19N3OS/c19-17-15(20)13-2-1-12-5-8-18(14(12)9-13)10-11-3-6-16-7-4-11/h1-2,5,8-9,11,16,19H,3-4,6-7,10H2,(H,17,20). The summed E-state index contributed by atoms with van der Waals surface area (Å²) in [6, 6.07) is 8.16. The number of fused-ring (bicyclic) bond motifs is 1. The van der Waals surface area contributed by atoms with Crippen LogP contribution < -0.4 is 10.8 Å². The van der Waals surface area contributed by atoms with Gasteiger partial charge in [-0.1, -0.05) is 24.4 Å². The fourth-order valence-electron chi connectivity index (χ4n) is 2.89. The molecule has 1 aliphatic heterocycles. The molecule has 20 heavy (non-hydrogen) atoms. The number of nitrogens with zero attached hydrogens (tertiary/aromatic N) is 1. The normalized spacial score (nSPS) is 16.4. The van der Waals surface area contributed by atoms with Gasteiger partial charge in [0.25, 0.3) is 0 Å². The van der Waals surface area contributed by atoms with Crippen LogP contribution in [-0.2, 0) is 6.54 Å². The van der Waals surface area contributed by atoms with Crippen LogP contribution in [0.15, 0.2) is 30.5 Å². The third kappa shape index (κ3) is 2.70. The van der Waals surface area contributed by atoms with Gasteiger partial charge in [0.15, 0.2) is 0 Å². The molecule has 1 aromatic carbocycles. The van der Waals surface area contributed by atoms with Crippen molar-refractivity contribution in [1.82, 2.24) is 15.4 Å². The number of nitrogens with one attached hydrogen (secondary N) is 2. The van der Waals surface area contributed by atoms with Crippen molar-refractivity contribution in [3.63, 3.8) is 0 Å². The Morgan fingerprint density at radius 2 is 2.15 bits per heavy atom. The molecule has 1 aromatic heterocycles. The molecular weight excluding hydrogens is 270 g/mol. The highest BCUT2D eigenvalue weighted by Crippen LogP contribution is 2.22. The minimum Gasteiger partial charge on any atom is -0.347 e. The average molecular weight is 289 g/mol. The molecule has 3 N–H and O–H groups in total. The first kappa shape index (κ1) is 13.5. The van der Waals surface area contributed by atoms with Crippen LogP contribution in [-0.4, -0.2) is 27.9 Å². The third-order valence-electron chi connectivity index (χ3n) is 4.05. The van der Waals surface area contributed by atoms with Crippen LogP contribution in [0.4, 0.5) is 0 Å². The van der Waals surface area contributed by atoms with Gasteiger partial charge in [-0.05, 0) is 49.4 Å². The highest BCUT2D eigenvalue weighted by atomic mass is 32.1. The molecular formula is C15H19N3OS. The number of benzene rings is 1. The summed E-state index contributed by atoms with van der Waals surface area (Å²) in [5, 5.41) is 13.5. The molecule has 1 saturated heterocycles. The van der Waals surface area contributed by atoms with Gasteiger partial charge < -0.3 is 9.88 Å². The molecule has 0 aliphatic carbocycles. The summed E-state index contributed by atoms with van der Waals surface area (Å²) in [6.07, 6.45) is 4.61. The summed E-state index contributed by atoms with van der Waals surface area (Å²) in [6.45, 7) is 3.29. The Morgan fingerprint density at radius 1 is 1.35 bits per heavy atom. The van der Waals surface area contributed by atoms with Gasteiger partial charge in [0.05, 0.1) is 0 Å². The number of aromatic nitrogens is 1.